The summed E-state index contributed by atoms with van der Waals surface area (Å²) < 4.78 is 11.4. The summed E-state index contributed by atoms with van der Waals surface area (Å²) in [5.74, 6) is 2.10. The summed E-state index contributed by atoms with van der Waals surface area (Å²) in [6, 6.07) is 3.07. The first-order valence-electron chi connectivity index (χ1n) is 9.07. The van der Waals surface area contributed by atoms with E-state index in [2.05, 4.69) is 15.2 Å². The minimum atomic E-state index is -0.241. The van der Waals surface area contributed by atoms with E-state index in [9.17, 15) is 9.59 Å². The van der Waals surface area contributed by atoms with E-state index in [1.54, 1.807) is 6.07 Å². The Kier molecular flexibility index (Phi) is 4.83. The molecular formula is C18H22N4O4. The van der Waals surface area contributed by atoms with Crippen LogP contribution in [0.1, 0.15) is 48.2 Å². The minimum Gasteiger partial charge on any atom is -0.445 e. The summed E-state index contributed by atoms with van der Waals surface area (Å²) in [5.41, 5.74) is 1.35. The second kappa shape index (κ2) is 7.41. The van der Waals surface area contributed by atoms with Crippen molar-refractivity contribution in [1.29, 1.82) is 0 Å². The molecule has 26 heavy (non-hydrogen) atoms. The standard InChI is InChI=1S/C18H22N4O4/c23-16-3-1-13(20-21-16)2-4-17(24)22-8-5-15-14(11-22)19-18(26-15)12-6-9-25-10-7-12/h1,3,12H,2,4-11H2,(H,21,23). The van der Waals surface area contributed by atoms with Crippen molar-refractivity contribution in [2.75, 3.05) is 19.8 Å². The van der Waals surface area contributed by atoms with Crippen LogP contribution in [0.3, 0.4) is 0 Å². The Labute approximate surface area is 150 Å². The fourth-order valence-corrected chi connectivity index (χ4v) is 3.46. The molecule has 2 aliphatic heterocycles. The number of carbonyl (C=O) groups excluding carboxylic acids is 1. The fraction of sp³-hybridized carbons (Fsp3) is 0.556. The molecule has 138 valence electrons. The predicted molar refractivity (Wildman–Crippen MR) is 91.6 cm³/mol. The van der Waals surface area contributed by atoms with Crippen LogP contribution in [0, 0.1) is 0 Å². The molecule has 0 saturated carbocycles. The van der Waals surface area contributed by atoms with Gasteiger partial charge in [0.05, 0.1) is 12.2 Å². The van der Waals surface area contributed by atoms with Gasteiger partial charge in [0.25, 0.3) is 5.56 Å². The first-order chi connectivity index (χ1) is 12.7. The molecule has 0 spiro atoms. The highest BCUT2D eigenvalue weighted by Crippen LogP contribution is 2.30. The SMILES string of the molecule is O=C(CCc1ccc(=O)[nH]n1)N1CCc2oc(C3CCOCC3)nc2C1. The fourth-order valence-electron chi connectivity index (χ4n) is 3.46. The quantitative estimate of drug-likeness (QED) is 0.880. The van der Waals surface area contributed by atoms with Gasteiger partial charge < -0.3 is 14.1 Å². The van der Waals surface area contributed by atoms with Gasteiger partial charge in [0.1, 0.15) is 11.5 Å². The van der Waals surface area contributed by atoms with Gasteiger partial charge in [0.15, 0.2) is 5.89 Å². The van der Waals surface area contributed by atoms with E-state index in [4.69, 9.17) is 9.15 Å². The molecule has 2 aromatic heterocycles. The predicted octanol–water partition coefficient (Wildman–Crippen LogP) is 1.17. The van der Waals surface area contributed by atoms with E-state index >= 15 is 0 Å². The van der Waals surface area contributed by atoms with Crippen LogP contribution >= 0.6 is 0 Å². The van der Waals surface area contributed by atoms with Gasteiger partial charge in [-0.1, -0.05) is 0 Å². The number of H-pyrrole nitrogens is 1. The van der Waals surface area contributed by atoms with E-state index in [1.807, 2.05) is 4.90 Å². The van der Waals surface area contributed by atoms with Crippen LogP contribution < -0.4 is 5.56 Å². The number of amides is 1. The van der Waals surface area contributed by atoms with Crippen LogP contribution in [0.4, 0.5) is 0 Å². The molecule has 0 unspecified atom stereocenters. The molecule has 0 atom stereocenters. The van der Waals surface area contributed by atoms with E-state index in [0.29, 0.717) is 44.0 Å². The van der Waals surface area contributed by atoms with Crippen LogP contribution in [0.5, 0.6) is 0 Å². The molecule has 1 amide bonds. The average molecular weight is 358 g/mol. The molecule has 2 aliphatic rings. The summed E-state index contributed by atoms with van der Waals surface area (Å²) in [4.78, 5) is 30.0. The molecular weight excluding hydrogens is 336 g/mol. The molecule has 4 rings (SSSR count). The lowest BCUT2D eigenvalue weighted by Crippen LogP contribution is -2.36. The maximum Gasteiger partial charge on any atom is 0.264 e. The van der Waals surface area contributed by atoms with E-state index in [1.165, 1.54) is 6.07 Å². The third kappa shape index (κ3) is 3.70. The third-order valence-electron chi connectivity index (χ3n) is 5.00. The van der Waals surface area contributed by atoms with Gasteiger partial charge >= 0.3 is 0 Å². The highest BCUT2D eigenvalue weighted by Gasteiger charge is 2.28. The number of aryl methyl sites for hydroxylation is 1. The maximum absolute atomic E-state index is 12.5. The highest BCUT2D eigenvalue weighted by atomic mass is 16.5. The maximum atomic E-state index is 12.5. The number of aromatic nitrogens is 3. The zero-order valence-electron chi connectivity index (χ0n) is 14.6. The Morgan fingerprint density at radius 3 is 2.92 bits per heavy atom. The molecule has 0 aliphatic carbocycles. The number of oxazole rings is 1. The molecule has 8 nitrogen and oxygen atoms in total. The van der Waals surface area contributed by atoms with Crippen molar-refractivity contribution in [3.8, 4) is 0 Å². The first-order valence-corrected chi connectivity index (χ1v) is 9.07. The topological polar surface area (TPSA) is 101 Å². The number of hydrogen-bond donors (Lipinski definition) is 1. The second-order valence-electron chi connectivity index (χ2n) is 6.79. The molecule has 0 aromatic carbocycles. The van der Waals surface area contributed by atoms with Crippen LogP contribution in [0.15, 0.2) is 21.3 Å². The van der Waals surface area contributed by atoms with Gasteiger partial charge in [-0.15, -0.1) is 0 Å². The molecule has 2 aromatic rings. The number of ether oxygens (including phenoxy) is 1. The lowest BCUT2D eigenvalue weighted by molar-refractivity contribution is -0.132. The monoisotopic (exact) mass is 358 g/mol. The van der Waals surface area contributed by atoms with Crippen LogP contribution in [0.25, 0.3) is 0 Å². The Morgan fingerprint density at radius 1 is 1.31 bits per heavy atom. The van der Waals surface area contributed by atoms with Crippen molar-refractivity contribution >= 4 is 5.91 Å². The molecule has 0 radical (unpaired) electrons. The Balaban J connectivity index is 1.36. The second-order valence-corrected chi connectivity index (χ2v) is 6.79. The van der Waals surface area contributed by atoms with Crippen molar-refractivity contribution in [3.05, 3.63) is 45.5 Å². The van der Waals surface area contributed by atoms with Gasteiger partial charge in [-0.25, -0.2) is 10.1 Å². The Hall–Kier alpha value is -2.48. The van der Waals surface area contributed by atoms with Crippen LogP contribution in [-0.4, -0.2) is 45.7 Å². The first kappa shape index (κ1) is 17.0. The van der Waals surface area contributed by atoms with Gasteiger partial charge in [-0.3, -0.25) is 9.59 Å². The number of aromatic amines is 1. The Morgan fingerprint density at radius 2 is 2.15 bits per heavy atom. The smallest absolute Gasteiger partial charge is 0.264 e. The zero-order chi connectivity index (χ0) is 17.9. The summed E-state index contributed by atoms with van der Waals surface area (Å²) in [6.45, 7) is 2.65. The average Bonchev–Trinajstić information content (AvgIpc) is 3.11. The van der Waals surface area contributed by atoms with Crippen molar-refractivity contribution in [2.45, 2.75) is 44.6 Å². The van der Waals surface area contributed by atoms with Gasteiger partial charge in [0.2, 0.25) is 5.91 Å². The largest absolute Gasteiger partial charge is 0.445 e. The van der Waals surface area contributed by atoms with E-state index < -0.39 is 0 Å². The number of nitrogens with one attached hydrogen (secondary N) is 1. The lowest BCUT2D eigenvalue weighted by atomic mass is 10.0. The minimum absolute atomic E-state index is 0.0688. The van der Waals surface area contributed by atoms with E-state index in [-0.39, 0.29) is 11.5 Å². The van der Waals surface area contributed by atoms with Crippen molar-refractivity contribution < 1.29 is 13.9 Å². The van der Waals surface area contributed by atoms with Crippen LogP contribution in [-0.2, 0) is 28.9 Å². The molecule has 4 heterocycles. The van der Waals surface area contributed by atoms with E-state index in [0.717, 1.165) is 43.4 Å². The zero-order valence-corrected chi connectivity index (χ0v) is 14.6. The molecule has 0 bridgehead atoms. The number of rotatable bonds is 4. The molecule has 8 heteroatoms. The Bertz CT molecular complexity index is 817. The summed E-state index contributed by atoms with van der Waals surface area (Å²) in [5, 5.41) is 6.33. The van der Waals surface area contributed by atoms with Gasteiger partial charge in [-0.05, 0) is 18.9 Å². The highest BCUT2D eigenvalue weighted by molar-refractivity contribution is 5.76. The van der Waals surface area contributed by atoms with Crippen LogP contribution in [0.2, 0.25) is 0 Å². The normalized spacial score (nSPS) is 17.9. The number of hydrogen-bond acceptors (Lipinski definition) is 6. The summed E-state index contributed by atoms with van der Waals surface area (Å²) in [7, 11) is 0. The van der Waals surface area contributed by atoms with Gasteiger partial charge in [-0.2, -0.15) is 5.10 Å². The number of nitrogens with zero attached hydrogens (tertiary/aromatic N) is 3. The summed E-state index contributed by atoms with van der Waals surface area (Å²) in [6.07, 6.45) is 3.45. The summed E-state index contributed by atoms with van der Waals surface area (Å²) >= 11 is 0. The molecule has 1 N–H and O–H groups in total. The number of carbonyl (C=O) groups is 1. The van der Waals surface area contributed by atoms with Crippen molar-refractivity contribution in [2.24, 2.45) is 0 Å². The van der Waals surface area contributed by atoms with Crippen molar-refractivity contribution in [1.82, 2.24) is 20.1 Å². The third-order valence-corrected chi connectivity index (χ3v) is 5.00. The molecule has 1 saturated heterocycles. The lowest BCUT2D eigenvalue weighted by Gasteiger charge is -2.25. The number of fused-ring (bicyclic) bond motifs is 1. The molecule has 1 fully saturated rings. The van der Waals surface area contributed by atoms with Gasteiger partial charge in [0, 0.05) is 51.0 Å². The van der Waals surface area contributed by atoms with Crippen molar-refractivity contribution in [3.63, 3.8) is 0 Å².